The summed E-state index contributed by atoms with van der Waals surface area (Å²) in [5, 5.41) is 5.42. The third kappa shape index (κ3) is 6.79. The molecule has 0 fully saturated rings. The Bertz CT molecular complexity index is 455. The van der Waals surface area contributed by atoms with Crippen molar-refractivity contribution in [1.29, 1.82) is 0 Å². The zero-order valence-corrected chi connectivity index (χ0v) is 12.9. The average Bonchev–Trinajstić information content (AvgIpc) is 2.49. The van der Waals surface area contributed by atoms with E-state index in [0.29, 0.717) is 18.8 Å². The Balaban J connectivity index is 2.17. The van der Waals surface area contributed by atoms with Gasteiger partial charge in [0.15, 0.2) is 6.61 Å². The van der Waals surface area contributed by atoms with E-state index in [1.165, 1.54) is 5.56 Å². The molecule has 0 atom stereocenters. The summed E-state index contributed by atoms with van der Waals surface area (Å²) in [5.74, 6) is 0.412. The first kappa shape index (κ1) is 17.0. The molecule has 0 heterocycles. The number of hydrogen-bond donors (Lipinski definition) is 2. The van der Waals surface area contributed by atoms with Gasteiger partial charge in [0.1, 0.15) is 5.75 Å². The van der Waals surface area contributed by atoms with Crippen LogP contribution >= 0.6 is 0 Å². The van der Waals surface area contributed by atoms with E-state index in [2.05, 4.69) is 17.6 Å². The van der Waals surface area contributed by atoms with E-state index in [1.807, 2.05) is 38.1 Å². The maximum absolute atomic E-state index is 11.6. The number of rotatable bonds is 8. The molecule has 0 bridgehead atoms. The van der Waals surface area contributed by atoms with Gasteiger partial charge in [-0.1, -0.05) is 32.9 Å². The molecule has 2 amide bonds. The molecule has 2 N–H and O–H groups in total. The van der Waals surface area contributed by atoms with Crippen LogP contribution in [0.4, 0.5) is 0 Å². The summed E-state index contributed by atoms with van der Waals surface area (Å²) in [6, 6.07) is 7.67. The van der Waals surface area contributed by atoms with Gasteiger partial charge in [-0.2, -0.15) is 0 Å². The molecule has 0 saturated carbocycles. The summed E-state index contributed by atoms with van der Waals surface area (Å²) in [5.41, 5.74) is 1.23. The van der Waals surface area contributed by atoms with Crippen molar-refractivity contribution >= 4 is 11.8 Å². The fourth-order valence-electron chi connectivity index (χ4n) is 1.61. The molecule has 1 aromatic rings. The van der Waals surface area contributed by atoms with Crippen molar-refractivity contribution < 1.29 is 14.3 Å². The minimum Gasteiger partial charge on any atom is -0.484 e. The highest BCUT2D eigenvalue weighted by Crippen LogP contribution is 2.12. The number of hydrogen-bond acceptors (Lipinski definition) is 3. The lowest BCUT2D eigenvalue weighted by Crippen LogP contribution is -2.38. The molecule has 1 aromatic carbocycles. The van der Waals surface area contributed by atoms with E-state index < -0.39 is 0 Å². The summed E-state index contributed by atoms with van der Waals surface area (Å²) in [6.07, 6.45) is 0.975. The van der Waals surface area contributed by atoms with Gasteiger partial charge in [0, 0.05) is 19.0 Å². The third-order valence-electron chi connectivity index (χ3n) is 2.97. The normalized spacial score (nSPS) is 10.3. The van der Waals surface area contributed by atoms with Crippen molar-refractivity contribution in [2.45, 2.75) is 27.2 Å². The number of carbonyl (C=O) groups is 2. The number of carbonyl (C=O) groups excluding carboxylic acids is 2. The summed E-state index contributed by atoms with van der Waals surface area (Å²) in [6.45, 7) is 6.53. The first-order chi connectivity index (χ1) is 10.0. The van der Waals surface area contributed by atoms with Crippen LogP contribution in [0.2, 0.25) is 0 Å². The van der Waals surface area contributed by atoms with Gasteiger partial charge < -0.3 is 15.4 Å². The SMILES string of the molecule is CCc1ccc(OCC(=O)NCCNC(=O)C(C)C)cc1. The number of aryl methyl sites for hydroxylation is 1. The molecule has 0 unspecified atom stereocenters. The molecular formula is C16H24N2O3. The number of ether oxygens (including phenoxy) is 1. The zero-order valence-electron chi connectivity index (χ0n) is 12.9. The van der Waals surface area contributed by atoms with Gasteiger partial charge in [-0.3, -0.25) is 9.59 Å². The van der Waals surface area contributed by atoms with Crippen molar-refractivity contribution in [3.63, 3.8) is 0 Å². The standard InChI is InChI=1S/C16H24N2O3/c1-4-13-5-7-14(8-6-13)21-11-15(19)17-9-10-18-16(20)12(2)3/h5-8,12H,4,9-11H2,1-3H3,(H,17,19)(H,18,20). The van der Waals surface area contributed by atoms with Gasteiger partial charge in [0.05, 0.1) is 0 Å². The van der Waals surface area contributed by atoms with Crippen LogP contribution < -0.4 is 15.4 Å². The predicted molar refractivity (Wildman–Crippen MR) is 82.2 cm³/mol. The lowest BCUT2D eigenvalue weighted by atomic mass is 10.2. The summed E-state index contributed by atoms with van der Waals surface area (Å²) in [4.78, 5) is 22.9. The smallest absolute Gasteiger partial charge is 0.258 e. The molecule has 0 aliphatic heterocycles. The lowest BCUT2D eigenvalue weighted by Gasteiger charge is -2.09. The summed E-state index contributed by atoms with van der Waals surface area (Å²) < 4.78 is 5.38. The Morgan fingerprint density at radius 3 is 2.29 bits per heavy atom. The minimum absolute atomic E-state index is 0.0171. The van der Waals surface area contributed by atoms with Crippen LogP contribution in [-0.2, 0) is 16.0 Å². The molecule has 0 aliphatic carbocycles. The topological polar surface area (TPSA) is 67.4 Å². The molecule has 5 heteroatoms. The second-order valence-corrected chi connectivity index (χ2v) is 5.08. The van der Waals surface area contributed by atoms with Gasteiger partial charge in [-0.25, -0.2) is 0 Å². The Hall–Kier alpha value is -2.04. The van der Waals surface area contributed by atoms with Crippen LogP contribution in [0.1, 0.15) is 26.3 Å². The molecule has 0 aliphatic rings. The average molecular weight is 292 g/mol. The highest BCUT2D eigenvalue weighted by molar-refractivity contribution is 5.78. The van der Waals surface area contributed by atoms with Crippen LogP contribution in [0.3, 0.4) is 0 Å². The second kappa shape index (κ2) is 9.00. The molecule has 0 aromatic heterocycles. The second-order valence-electron chi connectivity index (χ2n) is 5.08. The lowest BCUT2D eigenvalue weighted by molar-refractivity contribution is -0.125. The van der Waals surface area contributed by atoms with Gasteiger partial charge in [-0.05, 0) is 24.1 Å². The van der Waals surface area contributed by atoms with Crippen LogP contribution in [0.5, 0.6) is 5.75 Å². The Morgan fingerprint density at radius 1 is 1.10 bits per heavy atom. The molecule has 21 heavy (non-hydrogen) atoms. The molecule has 0 spiro atoms. The number of benzene rings is 1. The minimum atomic E-state index is -0.201. The van der Waals surface area contributed by atoms with E-state index >= 15 is 0 Å². The van der Waals surface area contributed by atoms with Gasteiger partial charge in [-0.15, -0.1) is 0 Å². The van der Waals surface area contributed by atoms with E-state index in [0.717, 1.165) is 6.42 Å². The van der Waals surface area contributed by atoms with Crippen molar-refractivity contribution in [3.05, 3.63) is 29.8 Å². The van der Waals surface area contributed by atoms with Gasteiger partial charge in [0.25, 0.3) is 5.91 Å². The molecule has 1 rings (SSSR count). The first-order valence-corrected chi connectivity index (χ1v) is 7.29. The zero-order chi connectivity index (χ0) is 15.7. The van der Waals surface area contributed by atoms with Crippen molar-refractivity contribution in [1.82, 2.24) is 10.6 Å². The molecule has 0 radical (unpaired) electrons. The van der Waals surface area contributed by atoms with Crippen molar-refractivity contribution in [3.8, 4) is 5.75 Å². The monoisotopic (exact) mass is 292 g/mol. The van der Waals surface area contributed by atoms with Crippen LogP contribution in [0.25, 0.3) is 0 Å². The van der Waals surface area contributed by atoms with E-state index in [9.17, 15) is 9.59 Å². The fourth-order valence-corrected chi connectivity index (χ4v) is 1.61. The maximum atomic E-state index is 11.6. The van der Waals surface area contributed by atoms with E-state index in [-0.39, 0.29) is 24.3 Å². The Morgan fingerprint density at radius 2 is 1.71 bits per heavy atom. The summed E-state index contributed by atoms with van der Waals surface area (Å²) >= 11 is 0. The van der Waals surface area contributed by atoms with Crippen molar-refractivity contribution in [2.75, 3.05) is 19.7 Å². The fraction of sp³-hybridized carbons (Fsp3) is 0.500. The third-order valence-corrected chi connectivity index (χ3v) is 2.97. The van der Waals surface area contributed by atoms with Crippen molar-refractivity contribution in [2.24, 2.45) is 5.92 Å². The quantitative estimate of drug-likeness (QED) is 0.714. The number of nitrogens with one attached hydrogen (secondary N) is 2. The first-order valence-electron chi connectivity index (χ1n) is 7.29. The molecular weight excluding hydrogens is 268 g/mol. The highest BCUT2D eigenvalue weighted by atomic mass is 16.5. The number of amides is 2. The Kier molecular flexibility index (Phi) is 7.29. The molecule has 0 saturated heterocycles. The van der Waals surface area contributed by atoms with Crippen LogP contribution in [0, 0.1) is 5.92 Å². The highest BCUT2D eigenvalue weighted by Gasteiger charge is 2.06. The predicted octanol–water partition coefficient (Wildman–Crippen LogP) is 1.52. The largest absolute Gasteiger partial charge is 0.484 e. The van der Waals surface area contributed by atoms with Gasteiger partial charge >= 0.3 is 0 Å². The van der Waals surface area contributed by atoms with Crippen LogP contribution in [-0.4, -0.2) is 31.5 Å². The van der Waals surface area contributed by atoms with E-state index in [1.54, 1.807) is 0 Å². The maximum Gasteiger partial charge on any atom is 0.258 e. The van der Waals surface area contributed by atoms with Gasteiger partial charge in [0.2, 0.25) is 5.91 Å². The summed E-state index contributed by atoms with van der Waals surface area (Å²) in [7, 11) is 0. The molecule has 5 nitrogen and oxygen atoms in total. The Labute approximate surface area is 126 Å². The molecule has 116 valence electrons. The van der Waals surface area contributed by atoms with Crippen LogP contribution in [0.15, 0.2) is 24.3 Å². The van der Waals surface area contributed by atoms with E-state index in [4.69, 9.17) is 4.74 Å².